The van der Waals surface area contributed by atoms with Crippen molar-refractivity contribution in [3.8, 4) is 0 Å². The van der Waals surface area contributed by atoms with E-state index >= 15 is 0 Å². The highest BCUT2D eigenvalue weighted by atomic mass is 32.2. The predicted octanol–water partition coefficient (Wildman–Crippen LogP) is 1.64. The van der Waals surface area contributed by atoms with Crippen molar-refractivity contribution in [3.05, 3.63) is 29.8 Å². The van der Waals surface area contributed by atoms with Crippen molar-refractivity contribution in [2.75, 3.05) is 53.4 Å². The zero-order chi connectivity index (χ0) is 23.3. The molecule has 2 aliphatic heterocycles. The fraction of sp³-hybridized carbons (Fsp3) is 0.652. The Morgan fingerprint density at radius 2 is 1.84 bits per heavy atom. The van der Waals surface area contributed by atoms with E-state index in [1.54, 1.807) is 6.07 Å². The van der Waals surface area contributed by atoms with Crippen molar-refractivity contribution >= 4 is 21.8 Å². The molecule has 0 aromatic heterocycles. The Morgan fingerprint density at radius 3 is 2.53 bits per heavy atom. The molecule has 2 amide bonds. The summed E-state index contributed by atoms with van der Waals surface area (Å²) in [4.78, 5) is 29.7. The van der Waals surface area contributed by atoms with Crippen LogP contribution in [0.25, 0.3) is 0 Å². The van der Waals surface area contributed by atoms with E-state index in [0.29, 0.717) is 5.92 Å². The summed E-state index contributed by atoms with van der Waals surface area (Å²) >= 11 is 0. The molecule has 1 aromatic rings. The predicted molar refractivity (Wildman–Crippen MR) is 124 cm³/mol. The lowest BCUT2D eigenvalue weighted by Gasteiger charge is -2.37. The first kappa shape index (κ1) is 24.7. The Labute approximate surface area is 192 Å². The van der Waals surface area contributed by atoms with Crippen LogP contribution in [0, 0.1) is 11.8 Å². The lowest BCUT2D eigenvalue weighted by molar-refractivity contribution is -0.132. The minimum atomic E-state index is -3.63. The van der Waals surface area contributed by atoms with Gasteiger partial charge in [0.05, 0.1) is 11.4 Å². The van der Waals surface area contributed by atoms with Crippen LogP contribution < -0.4 is 5.32 Å². The van der Waals surface area contributed by atoms with Crippen LogP contribution in [-0.2, 0) is 14.8 Å². The number of benzene rings is 1. The molecule has 1 aromatic carbocycles. The van der Waals surface area contributed by atoms with E-state index in [1.165, 1.54) is 45.1 Å². The minimum absolute atomic E-state index is 0.0486. The highest BCUT2D eigenvalue weighted by molar-refractivity contribution is 7.89. The summed E-state index contributed by atoms with van der Waals surface area (Å²) in [6.07, 6.45) is 4.62. The maximum Gasteiger partial charge on any atom is 0.251 e. The van der Waals surface area contributed by atoms with Crippen molar-refractivity contribution in [2.45, 2.75) is 37.5 Å². The van der Waals surface area contributed by atoms with Crippen molar-refractivity contribution in [3.63, 3.8) is 0 Å². The average Bonchev–Trinajstić information content (AvgIpc) is 2.79. The molecule has 0 saturated carbocycles. The molecule has 2 heterocycles. The number of piperidine rings is 2. The van der Waals surface area contributed by atoms with Crippen LogP contribution in [0.5, 0.6) is 0 Å². The van der Waals surface area contributed by atoms with Gasteiger partial charge in [0.15, 0.2) is 0 Å². The van der Waals surface area contributed by atoms with Gasteiger partial charge < -0.3 is 15.1 Å². The zero-order valence-corrected chi connectivity index (χ0v) is 20.2. The second-order valence-electron chi connectivity index (χ2n) is 9.33. The number of hydrogen-bond donors (Lipinski definition) is 1. The SMILES string of the molecule is CC1CCN(CC2CCCN(C(=O)CNC(=O)c3cccc(S(=O)(=O)N(C)C)c3)C2)CC1. The molecule has 8 nitrogen and oxygen atoms in total. The van der Waals surface area contributed by atoms with Gasteiger partial charge in [0, 0.05) is 39.3 Å². The summed E-state index contributed by atoms with van der Waals surface area (Å²) in [5.74, 6) is 0.741. The Morgan fingerprint density at radius 1 is 1.12 bits per heavy atom. The minimum Gasteiger partial charge on any atom is -0.343 e. The van der Waals surface area contributed by atoms with Gasteiger partial charge in [0.25, 0.3) is 5.91 Å². The smallest absolute Gasteiger partial charge is 0.251 e. The quantitative estimate of drug-likeness (QED) is 0.663. The number of nitrogens with zero attached hydrogens (tertiary/aromatic N) is 3. The second kappa shape index (κ2) is 10.8. The molecule has 9 heteroatoms. The van der Waals surface area contributed by atoms with Crippen molar-refractivity contribution in [1.29, 1.82) is 0 Å². The highest BCUT2D eigenvalue weighted by Gasteiger charge is 2.27. The van der Waals surface area contributed by atoms with E-state index in [4.69, 9.17) is 0 Å². The third-order valence-corrected chi connectivity index (χ3v) is 8.35. The summed E-state index contributed by atoms with van der Waals surface area (Å²) < 4.78 is 25.7. The molecular formula is C23H36N4O4S. The second-order valence-corrected chi connectivity index (χ2v) is 11.5. The van der Waals surface area contributed by atoms with Crippen molar-refractivity contribution in [1.82, 2.24) is 19.4 Å². The number of nitrogens with one attached hydrogen (secondary N) is 1. The van der Waals surface area contributed by atoms with Gasteiger partial charge in [-0.25, -0.2) is 12.7 Å². The van der Waals surface area contributed by atoms with Crippen LogP contribution in [0.3, 0.4) is 0 Å². The molecule has 0 spiro atoms. The van der Waals surface area contributed by atoms with Gasteiger partial charge in [-0.15, -0.1) is 0 Å². The first-order valence-electron chi connectivity index (χ1n) is 11.5. The third-order valence-electron chi connectivity index (χ3n) is 6.54. The molecule has 0 bridgehead atoms. The Bertz CT molecular complexity index is 910. The molecule has 1 unspecified atom stereocenters. The first-order chi connectivity index (χ1) is 15.2. The number of sulfonamides is 1. The fourth-order valence-electron chi connectivity index (χ4n) is 4.43. The molecular weight excluding hydrogens is 428 g/mol. The standard InChI is InChI=1S/C23H36N4O4S/c1-18-9-12-26(13-10-18)16-19-6-5-11-27(17-19)22(28)15-24-23(29)20-7-4-8-21(14-20)32(30,31)25(2)3/h4,7-8,14,18-19H,5-6,9-13,15-17H2,1-3H3,(H,24,29). The topological polar surface area (TPSA) is 90.0 Å². The van der Waals surface area contributed by atoms with Crippen LogP contribution in [-0.4, -0.2) is 87.7 Å². The lowest BCUT2D eigenvalue weighted by atomic mass is 9.94. The largest absolute Gasteiger partial charge is 0.343 e. The summed E-state index contributed by atoms with van der Waals surface area (Å²) in [6, 6.07) is 5.87. The number of amides is 2. The molecule has 0 aliphatic carbocycles. The highest BCUT2D eigenvalue weighted by Crippen LogP contribution is 2.22. The van der Waals surface area contributed by atoms with Crippen LogP contribution in [0.4, 0.5) is 0 Å². The van der Waals surface area contributed by atoms with Crippen LogP contribution in [0.15, 0.2) is 29.2 Å². The Kier molecular flexibility index (Phi) is 8.30. The van der Waals surface area contributed by atoms with Gasteiger partial charge in [-0.2, -0.15) is 0 Å². The van der Waals surface area contributed by atoms with Crippen LogP contribution >= 0.6 is 0 Å². The molecule has 2 aliphatic rings. The van der Waals surface area contributed by atoms with E-state index in [0.717, 1.165) is 55.8 Å². The van der Waals surface area contributed by atoms with E-state index in [9.17, 15) is 18.0 Å². The number of hydrogen-bond acceptors (Lipinski definition) is 5. The number of carbonyl (C=O) groups is 2. The summed E-state index contributed by atoms with van der Waals surface area (Å²) in [6.45, 7) is 7.00. The molecule has 1 N–H and O–H groups in total. The van der Waals surface area contributed by atoms with Gasteiger partial charge in [-0.05, 0) is 68.8 Å². The molecule has 178 valence electrons. The van der Waals surface area contributed by atoms with Crippen molar-refractivity contribution in [2.24, 2.45) is 11.8 Å². The molecule has 3 rings (SSSR count). The van der Waals surface area contributed by atoms with Gasteiger partial charge >= 0.3 is 0 Å². The summed E-state index contributed by atoms with van der Waals surface area (Å²) in [7, 11) is -0.743. The van der Waals surface area contributed by atoms with Gasteiger partial charge in [0.2, 0.25) is 15.9 Å². The van der Waals surface area contributed by atoms with Gasteiger partial charge in [-0.3, -0.25) is 9.59 Å². The van der Waals surface area contributed by atoms with E-state index in [-0.39, 0.29) is 22.9 Å². The number of carbonyl (C=O) groups excluding carboxylic acids is 2. The van der Waals surface area contributed by atoms with E-state index in [1.807, 2.05) is 4.90 Å². The number of likely N-dealkylation sites (tertiary alicyclic amines) is 2. The van der Waals surface area contributed by atoms with Gasteiger partial charge in [-0.1, -0.05) is 13.0 Å². The van der Waals surface area contributed by atoms with E-state index < -0.39 is 15.9 Å². The Balaban J connectivity index is 1.51. The maximum atomic E-state index is 12.7. The number of rotatable bonds is 7. The zero-order valence-electron chi connectivity index (χ0n) is 19.4. The summed E-state index contributed by atoms with van der Waals surface area (Å²) in [5, 5.41) is 2.66. The fourth-order valence-corrected chi connectivity index (χ4v) is 5.38. The molecule has 2 saturated heterocycles. The molecule has 2 fully saturated rings. The third kappa shape index (κ3) is 6.30. The van der Waals surface area contributed by atoms with Gasteiger partial charge in [0.1, 0.15) is 0 Å². The maximum absolute atomic E-state index is 12.7. The molecule has 0 radical (unpaired) electrons. The Hall–Kier alpha value is -1.97. The first-order valence-corrected chi connectivity index (χ1v) is 12.9. The molecule has 1 atom stereocenters. The lowest BCUT2D eigenvalue weighted by Crippen LogP contribution is -2.48. The normalized spacial score (nSPS) is 21.0. The average molecular weight is 465 g/mol. The van der Waals surface area contributed by atoms with Crippen LogP contribution in [0.1, 0.15) is 43.0 Å². The summed E-state index contributed by atoms with van der Waals surface area (Å²) in [5.41, 5.74) is 0.219. The van der Waals surface area contributed by atoms with Crippen LogP contribution in [0.2, 0.25) is 0 Å². The van der Waals surface area contributed by atoms with E-state index in [2.05, 4.69) is 17.1 Å². The van der Waals surface area contributed by atoms with Crippen molar-refractivity contribution < 1.29 is 18.0 Å². The molecule has 32 heavy (non-hydrogen) atoms. The monoisotopic (exact) mass is 464 g/mol.